The van der Waals surface area contributed by atoms with Gasteiger partial charge in [0.1, 0.15) is 9.84 Å². The van der Waals surface area contributed by atoms with E-state index in [4.69, 9.17) is 0 Å². The maximum absolute atomic E-state index is 12.0. The normalized spacial score (nSPS) is 16.6. The van der Waals surface area contributed by atoms with Gasteiger partial charge in [-0.15, -0.1) is 0 Å². The summed E-state index contributed by atoms with van der Waals surface area (Å²) in [5.74, 6) is 1.00. The third kappa shape index (κ3) is 14.4. The van der Waals surface area contributed by atoms with Gasteiger partial charge in [-0.05, 0) is 25.7 Å². The molecule has 1 fully saturated rings. The third-order valence-electron chi connectivity index (χ3n) is 5.89. The fraction of sp³-hybridized carbons (Fsp3) is 0.955. The fourth-order valence-electron chi connectivity index (χ4n) is 3.77. The summed E-state index contributed by atoms with van der Waals surface area (Å²) in [6.45, 7) is 1.09. The lowest BCUT2D eigenvalue weighted by Gasteiger charge is -2.24. The highest BCUT2D eigenvalue weighted by atomic mass is 32.2. The van der Waals surface area contributed by atoms with E-state index in [0.29, 0.717) is 6.42 Å². The summed E-state index contributed by atoms with van der Waals surface area (Å²) in [6.07, 6.45) is 17.5. The molecule has 1 rings (SSSR count). The van der Waals surface area contributed by atoms with Crippen molar-refractivity contribution in [3.05, 3.63) is 0 Å². The quantitative estimate of drug-likeness (QED) is 0.164. The van der Waals surface area contributed by atoms with Crippen LogP contribution in [0.1, 0.15) is 103 Å². The van der Waals surface area contributed by atoms with Crippen LogP contribution in [0.2, 0.25) is 0 Å². The maximum atomic E-state index is 12.0. The molecule has 0 bridgehead atoms. The van der Waals surface area contributed by atoms with Crippen LogP contribution in [0.4, 0.5) is 4.79 Å². The Kier molecular flexibility index (Phi) is 15.0. The Bertz CT molecular complexity index is 632. The molecule has 31 heavy (non-hydrogen) atoms. The van der Waals surface area contributed by atoms with Gasteiger partial charge in [-0.25, -0.2) is 13.2 Å². The molecule has 0 aromatic carbocycles. The molecule has 1 saturated carbocycles. The van der Waals surface area contributed by atoms with Gasteiger partial charge in [0.05, 0.1) is 24.7 Å². The van der Waals surface area contributed by atoms with E-state index in [1.54, 1.807) is 0 Å². The van der Waals surface area contributed by atoms with E-state index in [1.807, 2.05) is 0 Å². The molecular formula is C22H42O7PS-. The van der Waals surface area contributed by atoms with Crippen LogP contribution in [-0.4, -0.2) is 38.8 Å². The van der Waals surface area contributed by atoms with Crippen molar-refractivity contribution in [2.45, 2.75) is 103 Å². The first-order valence-corrected chi connectivity index (χ1v) is 15.5. The van der Waals surface area contributed by atoms with Crippen molar-refractivity contribution < 1.29 is 31.9 Å². The first-order chi connectivity index (χ1) is 14.8. The summed E-state index contributed by atoms with van der Waals surface area (Å²) in [6, 6.07) is 0. The largest absolute Gasteiger partial charge is 0.770 e. The number of hydrogen-bond donors (Lipinski definition) is 0. The van der Waals surface area contributed by atoms with Crippen molar-refractivity contribution in [3.8, 4) is 0 Å². The number of rotatable bonds is 20. The van der Waals surface area contributed by atoms with Crippen LogP contribution in [0.5, 0.6) is 0 Å². The van der Waals surface area contributed by atoms with Gasteiger partial charge >= 0.3 is 5.71 Å². The lowest BCUT2D eigenvalue weighted by atomic mass is 9.81. The van der Waals surface area contributed by atoms with Crippen LogP contribution in [-0.2, 0) is 23.7 Å². The third-order valence-corrected chi connectivity index (χ3v) is 8.81. The van der Waals surface area contributed by atoms with Crippen LogP contribution in [0, 0.1) is 5.92 Å². The monoisotopic (exact) mass is 481 g/mol. The summed E-state index contributed by atoms with van der Waals surface area (Å²) in [7, 11) is -7.97. The molecule has 0 heterocycles. The molecule has 184 valence electrons. The van der Waals surface area contributed by atoms with Gasteiger partial charge in [-0.3, -0.25) is 4.57 Å². The van der Waals surface area contributed by atoms with Crippen LogP contribution in [0.3, 0.4) is 0 Å². The van der Waals surface area contributed by atoms with Crippen molar-refractivity contribution in [3.63, 3.8) is 0 Å². The molecule has 0 radical (unpaired) electrons. The number of carbonyl (C=O) groups excluding carboxylic acids is 1. The topological polar surface area (TPSA) is 110 Å². The Morgan fingerprint density at radius 2 is 1.42 bits per heavy atom. The molecule has 0 amide bonds. The zero-order chi connectivity index (χ0) is 23.0. The lowest BCUT2D eigenvalue weighted by Crippen LogP contribution is -2.18. The Morgan fingerprint density at radius 1 is 0.903 bits per heavy atom. The van der Waals surface area contributed by atoms with Crippen molar-refractivity contribution in [2.24, 2.45) is 5.92 Å². The summed E-state index contributed by atoms with van der Waals surface area (Å²) in [5, 5.41) is 0. The van der Waals surface area contributed by atoms with Crippen LogP contribution in [0.25, 0.3) is 0 Å². The van der Waals surface area contributed by atoms with Crippen LogP contribution < -0.4 is 4.89 Å². The van der Waals surface area contributed by atoms with Crippen molar-refractivity contribution in [1.82, 2.24) is 0 Å². The first-order valence-electron chi connectivity index (χ1n) is 12.1. The predicted octanol–water partition coefficient (Wildman–Crippen LogP) is 5.61. The molecule has 1 aliphatic carbocycles. The Morgan fingerprint density at radius 3 is 1.94 bits per heavy atom. The Labute approximate surface area is 189 Å². The van der Waals surface area contributed by atoms with E-state index < -0.39 is 23.1 Å². The highest BCUT2D eigenvalue weighted by molar-refractivity contribution is 7.91. The molecule has 0 N–H and O–H groups in total. The Balaban J connectivity index is 1.91. The molecule has 0 saturated heterocycles. The van der Waals surface area contributed by atoms with Crippen LogP contribution >= 0.6 is 7.60 Å². The smallest absolute Gasteiger partial charge is 0.377 e. The molecule has 7 nitrogen and oxygen atoms in total. The molecule has 9 heteroatoms. The van der Waals surface area contributed by atoms with Gasteiger partial charge < -0.3 is 14.2 Å². The number of hydrogen-bond acceptors (Lipinski definition) is 7. The lowest BCUT2D eigenvalue weighted by molar-refractivity contribution is -0.195. The van der Waals surface area contributed by atoms with Gasteiger partial charge in [0.25, 0.3) is 0 Å². The molecule has 1 atom stereocenters. The van der Waals surface area contributed by atoms with Crippen molar-refractivity contribution in [1.29, 1.82) is 0 Å². The molecule has 0 aromatic rings. The van der Waals surface area contributed by atoms with E-state index in [2.05, 4.69) is 9.26 Å². The van der Waals surface area contributed by atoms with Gasteiger partial charge in [0, 0.05) is 0 Å². The van der Waals surface area contributed by atoms with Gasteiger partial charge in [0.15, 0.2) is 0 Å². The van der Waals surface area contributed by atoms with E-state index in [-0.39, 0.29) is 31.1 Å². The molecule has 0 aromatic heterocycles. The second-order valence-corrected chi connectivity index (χ2v) is 12.6. The van der Waals surface area contributed by atoms with Crippen LogP contribution in [0.15, 0.2) is 0 Å². The number of carbonyl (C=O) groups is 1. The molecule has 0 aliphatic heterocycles. The van der Waals surface area contributed by atoms with E-state index >= 15 is 0 Å². The SMILES string of the molecule is CCOC(=O)P(=O)([O-])OCCCS(=O)(=O)CCCCCCCCCCCCC1CCC1. The maximum Gasteiger partial charge on any atom is 0.377 e. The number of ether oxygens (including phenoxy) is 1. The zero-order valence-electron chi connectivity index (χ0n) is 19.2. The first kappa shape index (κ1) is 28.6. The zero-order valence-corrected chi connectivity index (χ0v) is 20.9. The van der Waals surface area contributed by atoms with E-state index in [0.717, 1.165) is 25.2 Å². The molecular weight excluding hydrogens is 439 g/mol. The summed E-state index contributed by atoms with van der Waals surface area (Å²) >= 11 is 0. The number of unbranched alkanes of at least 4 members (excludes halogenated alkanes) is 9. The van der Waals surface area contributed by atoms with E-state index in [1.165, 1.54) is 71.1 Å². The highest BCUT2D eigenvalue weighted by Crippen LogP contribution is 2.39. The van der Waals surface area contributed by atoms with Gasteiger partial charge in [-0.2, -0.15) is 0 Å². The van der Waals surface area contributed by atoms with Crippen molar-refractivity contribution >= 4 is 23.1 Å². The highest BCUT2D eigenvalue weighted by Gasteiger charge is 2.22. The minimum atomic E-state index is -4.74. The second-order valence-electron chi connectivity index (χ2n) is 8.66. The van der Waals surface area contributed by atoms with E-state index in [9.17, 15) is 22.7 Å². The minimum absolute atomic E-state index is 0.0363. The Hall–Kier alpha value is -0.430. The summed E-state index contributed by atoms with van der Waals surface area (Å²) < 4.78 is 44.4. The summed E-state index contributed by atoms with van der Waals surface area (Å²) in [4.78, 5) is 22.6. The standard InChI is InChI=1S/C22H43O7PS/c1-2-28-22(23)30(24,25)29-18-14-20-31(26,27)19-12-10-8-6-4-3-5-7-9-11-15-21-16-13-17-21/h21H,2-20H2,1H3,(H,24,25)/p-1. The predicted molar refractivity (Wildman–Crippen MR) is 122 cm³/mol. The molecule has 1 unspecified atom stereocenters. The van der Waals surface area contributed by atoms with Gasteiger partial charge in [-0.1, -0.05) is 83.5 Å². The van der Waals surface area contributed by atoms with Gasteiger partial charge in [0.2, 0.25) is 7.60 Å². The fourth-order valence-corrected chi connectivity index (χ4v) is 5.94. The minimum Gasteiger partial charge on any atom is -0.770 e. The number of sulfone groups is 1. The molecule has 0 spiro atoms. The molecule has 1 aliphatic rings. The second kappa shape index (κ2) is 16.2. The van der Waals surface area contributed by atoms with Crippen molar-refractivity contribution in [2.75, 3.05) is 24.7 Å². The average molecular weight is 482 g/mol. The average Bonchev–Trinajstić information content (AvgIpc) is 2.67. The summed E-state index contributed by atoms with van der Waals surface area (Å²) in [5.41, 5.74) is -1.41.